The van der Waals surface area contributed by atoms with E-state index in [4.69, 9.17) is 27.9 Å². The molecule has 1 aromatic carbocycles. The number of halogens is 2. The second-order valence-electron chi connectivity index (χ2n) is 4.22. The molecule has 1 aliphatic rings. The molecule has 2 heterocycles. The zero-order valence-electron chi connectivity index (χ0n) is 10.5. The molecule has 0 saturated carbocycles. The van der Waals surface area contributed by atoms with E-state index >= 15 is 0 Å². The summed E-state index contributed by atoms with van der Waals surface area (Å²) in [6.45, 7) is 0.536. The summed E-state index contributed by atoms with van der Waals surface area (Å²) in [5, 5.41) is 1.23. The summed E-state index contributed by atoms with van der Waals surface area (Å²) in [7, 11) is 0. The van der Waals surface area contributed by atoms with Crippen molar-refractivity contribution in [3.63, 3.8) is 0 Å². The lowest BCUT2D eigenvalue weighted by molar-refractivity contribution is 0.0731. The van der Waals surface area contributed by atoms with Crippen LogP contribution in [-0.4, -0.2) is 21.3 Å². The molecule has 5 nitrogen and oxygen atoms in total. The number of hydrogen-bond donors (Lipinski definition) is 0. The van der Waals surface area contributed by atoms with Gasteiger partial charge in [-0.3, -0.25) is 9.36 Å². The first-order valence-electron chi connectivity index (χ1n) is 5.96. The van der Waals surface area contributed by atoms with Crippen LogP contribution in [0.25, 0.3) is 0 Å². The number of esters is 1. The minimum absolute atomic E-state index is 0.118. The molecule has 0 saturated heterocycles. The largest absolute Gasteiger partial charge is 0.421 e. The van der Waals surface area contributed by atoms with Gasteiger partial charge in [-0.05, 0) is 18.2 Å². The van der Waals surface area contributed by atoms with Gasteiger partial charge in [0.25, 0.3) is 5.56 Å². The van der Waals surface area contributed by atoms with Crippen LogP contribution in [0.15, 0.2) is 34.3 Å². The van der Waals surface area contributed by atoms with Crippen LogP contribution >= 0.6 is 35.0 Å². The summed E-state index contributed by atoms with van der Waals surface area (Å²) >= 11 is 13.2. The lowest BCUT2D eigenvalue weighted by atomic mass is 10.3. The number of rotatable bonds is 2. The van der Waals surface area contributed by atoms with Crippen LogP contribution in [0, 0.1) is 0 Å². The third-order valence-corrected chi connectivity index (χ3v) is 4.37. The molecule has 21 heavy (non-hydrogen) atoms. The molecule has 0 fully saturated rings. The van der Waals surface area contributed by atoms with Crippen molar-refractivity contribution in [3.05, 3.63) is 50.4 Å². The Bertz CT molecular complexity index is 791. The molecule has 3 rings (SSSR count). The molecule has 1 aromatic heterocycles. The van der Waals surface area contributed by atoms with Crippen LogP contribution in [0.4, 0.5) is 0 Å². The minimum Gasteiger partial charge on any atom is -0.421 e. The molecule has 0 bridgehead atoms. The van der Waals surface area contributed by atoms with Crippen LogP contribution in [0.2, 0.25) is 10.0 Å². The SMILES string of the molecule is O=C(Oc1ccc(Cl)cc1Cl)c1cnc2n(c1=O)CCS2. The van der Waals surface area contributed by atoms with Crippen molar-refractivity contribution in [2.75, 3.05) is 5.75 Å². The van der Waals surface area contributed by atoms with E-state index in [0.717, 1.165) is 5.75 Å². The van der Waals surface area contributed by atoms with Crippen LogP contribution in [0.5, 0.6) is 5.75 Å². The summed E-state index contributed by atoms with van der Waals surface area (Å²) in [5.41, 5.74) is -0.521. The second-order valence-corrected chi connectivity index (χ2v) is 6.13. The van der Waals surface area contributed by atoms with Crippen molar-refractivity contribution < 1.29 is 9.53 Å². The molecule has 0 aliphatic carbocycles. The lowest BCUT2D eigenvalue weighted by Gasteiger charge is -2.07. The van der Waals surface area contributed by atoms with Crippen molar-refractivity contribution in [2.45, 2.75) is 11.7 Å². The molecule has 0 atom stereocenters. The molecule has 2 aromatic rings. The Kier molecular flexibility index (Phi) is 3.93. The van der Waals surface area contributed by atoms with Gasteiger partial charge in [0.2, 0.25) is 0 Å². The smallest absolute Gasteiger partial charge is 0.350 e. The Morgan fingerprint density at radius 2 is 2.19 bits per heavy atom. The Labute approximate surface area is 133 Å². The number of hydrogen-bond acceptors (Lipinski definition) is 5. The summed E-state index contributed by atoms with van der Waals surface area (Å²) in [5.74, 6) is 0.123. The van der Waals surface area contributed by atoms with E-state index in [-0.39, 0.29) is 16.3 Å². The van der Waals surface area contributed by atoms with E-state index in [2.05, 4.69) is 4.98 Å². The normalized spacial score (nSPS) is 13.0. The van der Waals surface area contributed by atoms with E-state index in [1.54, 1.807) is 6.07 Å². The first-order valence-corrected chi connectivity index (χ1v) is 7.70. The first kappa shape index (κ1) is 14.4. The number of nitrogens with zero attached hydrogens (tertiary/aromatic N) is 2. The van der Waals surface area contributed by atoms with E-state index in [9.17, 15) is 9.59 Å². The maximum Gasteiger partial charge on any atom is 0.350 e. The van der Waals surface area contributed by atoms with Crippen molar-refractivity contribution in [1.29, 1.82) is 0 Å². The number of ether oxygens (including phenoxy) is 1. The standard InChI is InChI=1S/C13H8Cl2N2O3S/c14-7-1-2-10(9(15)5-7)20-12(19)8-6-16-13-17(11(8)18)3-4-21-13/h1-2,5-6H,3-4H2. The van der Waals surface area contributed by atoms with Crippen LogP contribution in [-0.2, 0) is 6.54 Å². The van der Waals surface area contributed by atoms with Crippen molar-refractivity contribution in [1.82, 2.24) is 9.55 Å². The van der Waals surface area contributed by atoms with Crippen LogP contribution in [0.3, 0.4) is 0 Å². The number of benzene rings is 1. The Morgan fingerprint density at radius 1 is 1.38 bits per heavy atom. The fourth-order valence-electron chi connectivity index (χ4n) is 1.87. The van der Waals surface area contributed by atoms with Crippen molar-refractivity contribution >= 4 is 40.9 Å². The summed E-state index contributed by atoms with van der Waals surface area (Å²) in [6, 6.07) is 4.47. The number of thioether (sulfide) groups is 1. The number of aromatic nitrogens is 2. The van der Waals surface area contributed by atoms with E-state index in [0.29, 0.717) is 16.7 Å². The second kappa shape index (κ2) is 5.71. The predicted molar refractivity (Wildman–Crippen MR) is 80.6 cm³/mol. The molecular weight excluding hydrogens is 335 g/mol. The molecule has 1 aliphatic heterocycles. The monoisotopic (exact) mass is 342 g/mol. The highest BCUT2D eigenvalue weighted by Gasteiger charge is 2.21. The fraction of sp³-hybridized carbons (Fsp3) is 0.154. The highest BCUT2D eigenvalue weighted by Crippen LogP contribution is 2.28. The summed E-state index contributed by atoms with van der Waals surface area (Å²) in [6.07, 6.45) is 1.23. The van der Waals surface area contributed by atoms with E-state index < -0.39 is 11.5 Å². The lowest BCUT2D eigenvalue weighted by Crippen LogP contribution is -2.28. The average molecular weight is 343 g/mol. The van der Waals surface area contributed by atoms with Gasteiger partial charge in [0.05, 0.1) is 11.2 Å². The van der Waals surface area contributed by atoms with Gasteiger partial charge in [0.15, 0.2) is 5.16 Å². The predicted octanol–water partition coefficient (Wildman–Crippen LogP) is 2.88. The van der Waals surface area contributed by atoms with Gasteiger partial charge < -0.3 is 4.74 Å². The maximum absolute atomic E-state index is 12.2. The highest BCUT2D eigenvalue weighted by atomic mass is 35.5. The van der Waals surface area contributed by atoms with Crippen molar-refractivity contribution in [3.8, 4) is 5.75 Å². The topological polar surface area (TPSA) is 61.2 Å². The quantitative estimate of drug-likeness (QED) is 0.477. The minimum atomic E-state index is -0.788. The third kappa shape index (κ3) is 2.79. The van der Waals surface area contributed by atoms with Crippen molar-refractivity contribution in [2.24, 2.45) is 0 Å². The van der Waals surface area contributed by atoms with Gasteiger partial charge in [0, 0.05) is 17.3 Å². The van der Waals surface area contributed by atoms with Gasteiger partial charge in [-0.1, -0.05) is 35.0 Å². The molecule has 0 N–H and O–H groups in total. The molecule has 0 spiro atoms. The molecule has 0 radical (unpaired) electrons. The van der Waals surface area contributed by atoms with E-state index in [1.807, 2.05) is 0 Å². The van der Waals surface area contributed by atoms with Gasteiger partial charge in [-0.25, -0.2) is 9.78 Å². The zero-order chi connectivity index (χ0) is 15.0. The molecule has 0 unspecified atom stereocenters. The molecular formula is C13H8Cl2N2O3S. The third-order valence-electron chi connectivity index (χ3n) is 2.87. The number of fused-ring (bicyclic) bond motifs is 1. The molecule has 108 valence electrons. The van der Waals surface area contributed by atoms with Gasteiger partial charge in [-0.15, -0.1) is 0 Å². The maximum atomic E-state index is 12.2. The Balaban J connectivity index is 1.91. The highest BCUT2D eigenvalue weighted by molar-refractivity contribution is 7.99. The molecule has 8 heteroatoms. The van der Waals surface area contributed by atoms with Gasteiger partial charge in [-0.2, -0.15) is 0 Å². The van der Waals surface area contributed by atoms with E-state index in [1.165, 1.54) is 34.7 Å². The average Bonchev–Trinajstić information content (AvgIpc) is 2.91. The zero-order valence-corrected chi connectivity index (χ0v) is 12.8. The van der Waals surface area contributed by atoms with Gasteiger partial charge >= 0.3 is 5.97 Å². The van der Waals surface area contributed by atoms with Crippen LogP contribution < -0.4 is 10.3 Å². The Morgan fingerprint density at radius 3 is 2.95 bits per heavy atom. The van der Waals surface area contributed by atoms with Crippen LogP contribution in [0.1, 0.15) is 10.4 Å². The molecule has 0 amide bonds. The van der Waals surface area contributed by atoms with Gasteiger partial charge in [0.1, 0.15) is 11.3 Å². The summed E-state index contributed by atoms with van der Waals surface area (Å²) in [4.78, 5) is 28.4. The summed E-state index contributed by atoms with van der Waals surface area (Å²) < 4.78 is 6.60. The fourth-order valence-corrected chi connectivity index (χ4v) is 3.23. The number of carbonyl (C=O) groups excluding carboxylic acids is 1. The Hall–Kier alpha value is -1.50. The first-order chi connectivity index (χ1) is 10.1. The number of carbonyl (C=O) groups is 1.